The Morgan fingerprint density at radius 3 is 2.41 bits per heavy atom. The van der Waals surface area contributed by atoms with Gasteiger partial charge in [0.25, 0.3) is 5.91 Å². The lowest BCUT2D eigenvalue weighted by atomic mass is 9.69. The fourth-order valence-electron chi connectivity index (χ4n) is 6.80. The molecule has 3 heterocycles. The van der Waals surface area contributed by atoms with Crippen molar-refractivity contribution < 1.29 is 9.59 Å². The molecule has 5 atom stereocenters. The smallest absolute Gasteiger partial charge is 0.273 e. The van der Waals surface area contributed by atoms with Crippen molar-refractivity contribution in [2.45, 2.75) is 83.5 Å². The van der Waals surface area contributed by atoms with Crippen molar-refractivity contribution in [3.63, 3.8) is 0 Å². The monoisotopic (exact) mass is 432 g/mol. The molecular weight excluding hydrogens is 400 g/mol. The van der Waals surface area contributed by atoms with Crippen LogP contribution >= 0.6 is 0 Å². The van der Waals surface area contributed by atoms with Crippen LogP contribution in [0.5, 0.6) is 0 Å². The van der Waals surface area contributed by atoms with E-state index in [-0.39, 0.29) is 41.4 Å². The SMILES string of the molecule is CC(=O)N1[C@H](Cc2ccccc2)[C@@H]2C[C@@]3(C)[C@H](CCCC[C@@H]13)N2C(=O)c1ccnc(C)n1. The summed E-state index contributed by atoms with van der Waals surface area (Å²) in [6, 6.07) is 12.4. The van der Waals surface area contributed by atoms with Crippen molar-refractivity contribution in [3.8, 4) is 0 Å². The molecule has 3 aliphatic rings. The molecule has 1 aromatic heterocycles. The maximum Gasteiger partial charge on any atom is 0.273 e. The van der Waals surface area contributed by atoms with Crippen LogP contribution in [0.15, 0.2) is 42.6 Å². The molecule has 6 nitrogen and oxygen atoms in total. The average molecular weight is 433 g/mol. The number of aromatic nitrogens is 2. The van der Waals surface area contributed by atoms with E-state index in [1.54, 1.807) is 19.2 Å². The molecule has 5 rings (SSSR count). The molecule has 32 heavy (non-hydrogen) atoms. The molecule has 0 radical (unpaired) electrons. The van der Waals surface area contributed by atoms with Crippen molar-refractivity contribution in [3.05, 3.63) is 59.7 Å². The fraction of sp³-hybridized carbons (Fsp3) is 0.538. The summed E-state index contributed by atoms with van der Waals surface area (Å²) in [5, 5.41) is 0. The van der Waals surface area contributed by atoms with E-state index in [1.807, 2.05) is 25.1 Å². The van der Waals surface area contributed by atoms with Crippen molar-refractivity contribution in [1.29, 1.82) is 0 Å². The van der Waals surface area contributed by atoms with Gasteiger partial charge in [0.05, 0.1) is 12.1 Å². The zero-order chi connectivity index (χ0) is 22.5. The number of aryl methyl sites for hydroxylation is 1. The normalized spacial score (nSPS) is 31.3. The van der Waals surface area contributed by atoms with E-state index in [4.69, 9.17) is 0 Å². The van der Waals surface area contributed by atoms with Gasteiger partial charge in [0, 0.05) is 30.6 Å². The van der Waals surface area contributed by atoms with Gasteiger partial charge in [-0.2, -0.15) is 0 Å². The highest BCUT2D eigenvalue weighted by Crippen LogP contribution is 2.55. The second-order valence-corrected chi connectivity index (χ2v) is 9.98. The highest BCUT2D eigenvalue weighted by atomic mass is 16.2. The average Bonchev–Trinajstić information content (AvgIpc) is 2.92. The van der Waals surface area contributed by atoms with Gasteiger partial charge in [-0.3, -0.25) is 9.59 Å². The number of nitrogens with zero attached hydrogens (tertiary/aromatic N) is 4. The first-order chi connectivity index (χ1) is 15.4. The summed E-state index contributed by atoms with van der Waals surface area (Å²) < 4.78 is 0. The number of hydrogen-bond donors (Lipinski definition) is 0. The molecule has 1 aliphatic carbocycles. The lowest BCUT2D eigenvalue weighted by Gasteiger charge is -2.50. The third kappa shape index (κ3) is 3.31. The summed E-state index contributed by atoms with van der Waals surface area (Å²) in [5.74, 6) is 0.715. The van der Waals surface area contributed by atoms with Crippen LogP contribution in [-0.2, 0) is 11.2 Å². The van der Waals surface area contributed by atoms with Crippen molar-refractivity contribution in [2.24, 2.45) is 5.41 Å². The quantitative estimate of drug-likeness (QED) is 0.740. The van der Waals surface area contributed by atoms with Crippen LogP contribution in [0.4, 0.5) is 0 Å². The van der Waals surface area contributed by atoms with E-state index >= 15 is 0 Å². The van der Waals surface area contributed by atoms with E-state index in [0.29, 0.717) is 11.5 Å². The maximum atomic E-state index is 13.9. The molecular formula is C26H32N4O2. The van der Waals surface area contributed by atoms with Crippen LogP contribution in [0.2, 0.25) is 0 Å². The summed E-state index contributed by atoms with van der Waals surface area (Å²) in [7, 11) is 0. The van der Waals surface area contributed by atoms with Gasteiger partial charge < -0.3 is 9.80 Å². The Morgan fingerprint density at radius 2 is 1.75 bits per heavy atom. The largest absolute Gasteiger partial charge is 0.334 e. The van der Waals surface area contributed by atoms with Gasteiger partial charge in [-0.1, -0.05) is 50.1 Å². The fourth-order valence-corrected chi connectivity index (χ4v) is 6.80. The number of piperidine rings is 1. The minimum atomic E-state index is -0.0856. The number of hydrogen-bond acceptors (Lipinski definition) is 4. The van der Waals surface area contributed by atoms with E-state index in [9.17, 15) is 9.59 Å². The molecule has 6 heteroatoms. The van der Waals surface area contributed by atoms with Gasteiger partial charge >= 0.3 is 0 Å². The van der Waals surface area contributed by atoms with Gasteiger partial charge in [-0.15, -0.1) is 0 Å². The molecule has 0 unspecified atom stereocenters. The van der Waals surface area contributed by atoms with Crippen molar-refractivity contribution >= 4 is 11.8 Å². The zero-order valence-corrected chi connectivity index (χ0v) is 19.2. The number of fused-ring (bicyclic) bond motifs is 1. The Bertz CT molecular complexity index is 1030. The Labute approximate surface area is 190 Å². The van der Waals surface area contributed by atoms with E-state index < -0.39 is 0 Å². The lowest BCUT2D eigenvalue weighted by molar-refractivity contribution is -0.141. The Hall–Kier alpha value is -2.76. The van der Waals surface area contributed by atoms with E-state index in [0.717, 1.165) is 38.5 Å². The Balaban J connectivity index is 1.61. The van der Waals surface area contributed by atoms with Crippen LogP contribution in [-0.4, -0.2) is 55.7 Å². The molecule has 2 bridgehead atoms. The van der Waals surface area contributed by atoms with E-state index in [1.165, 1.54) is 5.56 Å². The lowest BCUT2D eigenvalue weighted by Crippen LogP contribution is -2.61. The number of likely N-dealkylation sites (tertiary alicyclic amines) is 2. The van der Waals surface area contributed by atoms with Crippen molar-refractivity contribution in [1.82, 2.24) is 19.8 Å². The molecule has 168 valence electrons. The maximum absolute atomic E-state index is 13.9. The van der Waals surface area contributed by atoms with Crippen LogP contribution in [0.25, 0.3) is 0 Å². The number of carbonyl (C=O) groups is 2. The summed E-state index contributed by atoms with van der Waals surface area (Å²) in [5.41, 5.74) is 1.58. The molecule has 2 aromatic rings. The molecule has 3 fully saturated rings. The summed E-state index contributed by atoms with van der Waals surface area (Å²) >= 11 is 0. The minimum Gasteiger partial charge on any atom is -0.334 e. The second kappa shape index (κ2) is 7.98. The molecule has 1 saturated carbocycles. The van der Waals surface area contributed by atoms with Crippen LogP contribution < -0.4 is 0 Å². The van der Waals surface area contributed by atoms with Gasteiger partial charge in [0.2, 0.25) is 5.91 Å². The van der Waals surface area contributed by atoms with Crippen LogP contribution in [0.1, 0.15) is 67.8 Å². The van der Waals surface area contributed by atoms with E-state index in [2.05, 4.69) is 38.8 Å². The van der Waals surface area contributed by atoms with Crippen LogP contribution in [0.3, 0.4) is 0 Å². The molecule has 2 aliphatic heterocycles. The molecule has 2 saturated heterocycles. The summed E-state index contributed by atoms with van der Waals surface area (Å²) in [4.78, 5) is 39.9. The van der Waals surface area contributed by atoms with Gasteiger partial charge in [-0.05, 0) is 44.2 Å². The number of amides is 2. The van der Waals surface area contributed by atoms with Gasteiger partial charge in [0.15, 0.2) is 0 Å². The topological polar surface area (TPSA) is 66.4 Å². The number of rotatable bonds is 3. The number of benzene rings is 1. The van der Waals surface area contributed by atoms with Gasteiger partial charge in [-0.25, -0.2) is 9.97 Å². The van der Waals surface area contributed by atoms with Crippen LogP contribution in [0, 0.1) is 12.3 Å². The first-order valence-corrected chi connectivity index (χ1v) is 11.9. The minimum absolute atomic E-state index is 0.00812. The second-order valence-electron chi connectivity index (χ2n) is 9.98. The molecule has 0 spiro atoms. The third-order valence-corrected chi connectivity index (χ3v) is 8.09. The highest BCUT2D eigenvalue weighted by Gasteiger charge is 2.63. The Morgan fingerprint density at radius 1 is 1.06 bits per heavy atom. The standard InChI is InChI=1S/C26H32N4O2/c1-17-27-14-13-20(28-17)25(32)30-22-16-26(3)23(11-7-8-12-24(26)30)29(18(2)31)21(22)15-19-9-5-4-6-10-19/h4-6,9-10,13-14,21-24H,7-8,11-12,15-16H2,1-3H3/t21-,22+,23-,24+,26-/m1/s1. The first-order valence-electron chi connectivity index (χ1n) is 11.9. The highest BCUT2D eigenvalue weighted by molar-refractivity contribution is 5.93. The number of carbonyl (C=O) groups excluding carboxylic acids is 2. The van der Waals surface area contributed by atoms with Crippen molar-refractivity contribution in [2.75, 3.05) is 0 Å². The Kier molecular flexibility index (Phi) is 5.26. The predicted octanol–water partition coefficient (Wildman–Crippen LogP) is 3.79. The molecule has 1 aromatic carbocycles. The predicted molar refractivity (Wildman–Crippen MR) is 122 cm³/mol. The first kappa shape index (κ1) is 21.1. The zero-order valence-electron chi connectivity index (χ0n) is 19.2. The third-order valence-electron chi connectivity index (χ3n) is 8.09. The van der Waals surface area contributed by atoms with Gasteiger partial charge in [0.1, 0.15) is 11.5 Å². The molecule has 0 N–H and O–H groups in total. The molecule has 2 amide bonds. The summed E-state index contributed by atoms with van der Waals surface area (Å²) in [6.07, 6.45) is 7.56. The summed E-state index contributed by atoms with van der Waals surface area (Å²) in [6.45, 7) is 5.83.